The van der Waals surface area contributed by atoms with E-state index in [0.29, 0.717) is 0 Å². The lowest BCUT2D eigenvalue weighted by Gasteiger charge is -2.18. The first-order chi connectivity index (χ1) is 10.1. The minimum Gasteiger partial charge on any atom is -0.481 e. The van der Waals surface area contributed by atoms with Gasteiger partial charge in [-0.1, -0.05) is 6.07 Å². The van der Waals surface area contributed by atoms with Gasteiger partial charge < -0.3 is 25.5 Å². The minimum absolute atomic E-state index is 0.0810. The number of aromatic nitrogens is 1. The van der Waals surface area contributed by atoms with Crippen molar-refractivity contribution in [1.82, 2.24) is 4.98 Å². The van der Waals surface area contributed by atoms with E-state index < -0.39 is 42.3 Å². The Bertz CT molecular complexity index is 539. The standard InChI is InChI=1S/C6H5NO2.C6H8O7/c8-6(9)5-3-1-2-4-7-5;7-3(8)1-6(13,5(11)12)2-4(9)10/h1-4H,(H,8,9);13H,1-2H2,(H,7,8)(H,9,10)(H,11,12). The Kier molecular flexibility index (Phi) is 7.18. The zero-order valence-corrected chi connectivity index (χ0v) is 11.0. The average molecular weight is 315 g/mol. The van der Waals surface area contributed by atoms with Gasteiger partial charge in [-0.15, -0.1) is 0 Å². The van der Waals surface area contributed by atoms with Gasteiger partial charge in [0, 0.05) is 6.20 Å². The van der Waals surface area contributed by atoms with E-state index in [-0.39, 0.29) is 5.69 Å². The summed E-state index contributed by atoms with van der Waals surface area (Å²) in [6.07, 6.45) is -0.841. The first-order valence-electron chi connectivity index (χ1n) is 5.62. The van der Waals surface area contributed by atoms with Gasteiger partial charge in [0.2, 0.25) is 0 Å². The van der Waals surface area contributed by atoms with Crippen molar-refractivity contribution in [2.75, 3.05) is 0 Å². The second kappa shape index (κ2) is 8.32. The molecule has 0 aromatic carbocycles. The number of aliphatic carboxylic acids is 3. The van der Waals surface area contributed by atoms with Crippen molar-refractivity contribution < 1.29 is 44.7 Å². The Balaban J connectivity index is 0.000000425. The Morgan fingerprint density at radius 1 is 0.955 bits per heavy atom. The third-order valence-corrected chi connectivity index (χ3v) is 2.17. The number of nitrogens with zero attached hydrogens (tertiary/aromatic N) is 1. The van der Waals surface area contributed by atoms with Gasteiger partial charge in [0.1, 0.15) is 5.69 Å². The Morgan fingerprint density at radius 2 is 1.45 bits per heavy atom. The van der Waals surface area contributed by atoms with Crippen LogP contribution in [-0.2, 0) is 14.4 Å². The lowest BCUT2D eigenvalue weighted by Crippen LogP contribution is -2.42. The predicted octanol–water partition coefficient (Wildman–Crippen LogP) is -0.469. The van der Waals surface area contributed by atoms with E-state index in [1.807, 2.05) is 0 Å². The summed E-state index contributed by atoms with van der Waals surface area (Å²) in [5.74, 6) is -6.01. The molecule has 1 heterocycles. The van der Waals surface area contributed by atoms with Crippen molar-refractivity contribution in [2.45, 2.75) is 18.4 Å². The van der Waals surface area contributed by atoms with Crippen LogP contribution in [-0.4, -0.2) is 60.0 Å². The molecule has 120 valence electrons. The van der Waals surface area contributed by atoms with Crippen LogP contribution in [0, 0.1) is 0 Å². The predicted molar refractivity (Wildman–Crippen MR) is 68.3 cm³/mol. The molecule has 22 heavy (non-hydrogen) atoms. The molecule has 0 aliphatic carbocycles. The van der Waals surface area contributed by atoms with E-state index >= 15 is 0 Å². The van der Waals surface area contributed by atoms with Crippen LogP contribution >= 0.6 is 0 Å². The van der Waals surface area contributed by atoms with E-state index in [1.54, 1.807) is 12.1 Å². The summed E-state index contributed by atoms with van der Waals surface area (Å²) in [5.41, 5.74) is -2.66. The van der Waals surface area contributed by atoms with Crippen molar-refractivity contribution in [3.05, 3.63) is 30.1 Å². The molecule has 0 saturated heterocycles. The molecule has 1 aromatic heterocycles. The molecule has 0 radical (unpaired) electrons. The molecule has 0 bridgehead atoms. The number of carbonyl (C=O) groups is 4. The van der Waals surface area contributed by atoms with Crippen LogP contribution in [0.2, 0.25) is 0 Å². The highest BCUT2D eigenvalue weighted by Crippen LogP contribution is 2.15. The molecular weight excluding hydrogens is 302 g/mol. The topological polar surface area (TPSA) is 182 Å². The molecule has 5 N–H and O–H groups in total. The molecule has 0 spiro atoms. The molecule has 0 amide bonds. The van der Waals surface area contributed by atoms with Gasteiger partial charge in [0.25, 0.3) is 0 Å². The zero-order chi connectivity index (χ0) is 17.3. The van der Waals surface area contributed by atoms with E-state index in [9.17, 15) is 19.2 Å². The first-order valence-corrected chi connectivity index (χ1v) is 5.62. The van der Waals surface area contributed by atoms with E-state index in [0.717, 1.165) is 0 Å². The monoisotopic (exact) mass is 315 g/mol. The molecular formula is C12H13NO9. The van der Waals surface area contributed by atoms with E-state index in [2.05, 4.69) is 4.98 Å². The number of aromatic carboxylic acids is 1. The smallest absolute Gasteiger partial charge is 0.354 e. The maximum absolute atomic E-state index is 10.3. The molecule has 0 aliphatic heterocycles. The fourth-order valence-electron chi connectivity index (χ4n) is 1.20. The Hall–Kier alpha value is -3.01. The van der Waals surface area contributed by atoms with Crippen molar-refractivity contribution in [1.29, 1.82) is 0 Å². The molecule has 0 aliphatic rings. The summed E-state index contributed by atoms with van der Waals surface area (Å²) in [6.45, 7) is 0. The summed E-state index contributed by atoms with van der Waals surface area (Å²) in [7, 11) is 0. The van der Waals surface area contributed by atoms with Crippen LogP contribution in [0.15, 0.2) is 24.4 Å². The molecule has 1 aromatic rings. The molecule has 0 saturated carbocycles. The number of rotatable bonds is 6. The lowest BCUT2D eigenvalue weighted by atomic mass is 9.96. The summed E-state index contributed by atoms with van der Waals surface area (Å²) in [4.78, 5) is 44.2. The molecule has 10 nitrogen and oxygen atoms in total. The molecule has 0 fully saturated rings. The average Bonchev–Trinajstić information content (AvgIpc) is 2.38. The number of carboxylic acids is 4. The lowest BCUT2D eigenvalue weighted by molar-refractivity contribution is -0.170. The summed E-state index contributed by atoms with van der Waals surface area (Å²) in [5, 5.41) is 42.1. The zero-order valence-electron chi connectivity index (χ0n) is 11.0. The Labute approximate surface area is 123 Å². The summed E-state index contributed by atoms with van der Waals surface area (Å²) >= 11 is 0. The first kappa shape index (κ1) is 19.0. The highest BCUT2D eigenvalue weighted by molar-refractivity contribution is 5.88. The minimum atomic E-state index is -2.74. The SMILES string of the molecule is O=C(O)CC(O)(CC(=O)O)C(=O)O.O=C(O)c1ccccn1. The van der Waals surface area contributed by atoms with Gasteiger partial charge in [0.05, 0.1) is 12.8 Å². The molecule has 10 heteroatoms. The largest absolute Gasteiger partial charge is 0.481 e. The molecule has 0 unspecified atom stereocenters. The highest BCUT2D eigenvalue weighted by Gasteiger charge is 2.40. The number of aliphatic hydroxyl groups is 1. The number of carboxylic acid groups (broad SMARTS) is 4. The van der Waals surface area contributed by atoms with Gasteiger partial charge in [0.15, 0.2) is 5.60 Å². The van der Waals surface area contributed by atoms with Gasteiger partial charge in [-0.05, 0) is 12.1 Å². The fraction of sp³-hybridized carbons (Fsp3) is 0.250. The van der Waals surface area contributed by atoms with Gasteiger partial charge in [-0.2, -0.15) is 0 Å². The molecule has 1 rings (SSSR count). The summed E-state index contributed by atoms with van der Waals surface area (Å²) in [6, 6.07) is 4.76. The van der Waals surface area contributed by atoms with Crippen LogP contribution < -0.4 is 0 Å². The maximum atomic E-state index is 10.3. The van der Waals surface area contributed by atoms with Crippen molar-refractivity contribution in [3.63, 3.8) is 0 Å². The van der Waals surface area contributed by atoms with Crippen LogP contribution in [0.1, 0.15) is 23.3 Å². The normalized spacial score (nSPS) is 10.0. The van der Waals surface area contributed by atoms with Crippen molar-refractivity contribution in [2.24, 2.45) is 0 Å². The van der Waals surface area contributed by atoms with Crippen molar-refractivity contribution in [3.8, 4) is 0 Å². The van der Waals surface area contributed by atoms with Crippen LogP contribution in [0.25, 0.3) is 0 Å². The second-order valence-electron chi connectivity index (χ2n) is 4.00. The van der Waals surface area contributed by atoms with E-state index in [1.165, 1.54) is 12.3 Å². The third kappa shape index (κ3) is 6.96. The quantitative estimate of drug-likeness (QED) is 0.460. The van der Waals surface area contributed by atoms with E-state index in [4.69, 9.17) is 25.5 Å². The number of pyridine rings is 1. The highest BCUT2D eigenvalue weighted by atomic mass is 16.4. The van der Waals surface area contributed by atoms with Gasteiger partial charge >= 0.3 is 23.9 Å². The van der Waals surface area contributed by atoms with Crippen LogP contribution in [0.4, 0.5) is 0 Å². The second-order valence-corrected chi connectivity index (χ2v) is 4.00. The third-order valence-electron chi connectivity index (χ3n) is 2.17. The molecule has 0 atom stereocenters. The maximum Gasteiger partial charge on any atom is 0.354 e. The number of hydrogen-bond donors (Lipinski definition) is 5. The van der Waals surface area contributed by atoms with Gasteiger partial charge in [-0.3, -0.25) is 9.59 Å². The summed E-state index contributed by atoms with van der Waals surface area (Å²) < 4.78 is 0. The fourth-order valence-corrected chi connectivity index (χ4v) is 1.20. The van der Waals surface area contributed by atoms with Crippen LogP contribution in [0.3, 0.4) is 0 Å². The Morgan fingerprint density at radius 3 is 1.68 bits per heavy atom. The van der Waals surface area contributed by atoms with Crippen molar-refractivity contribution >= 4 is 23.9 Å². The van der Waals surface area contributed by atoms with Crippen LogP contribution in [0.5, 0.6) is 0 Å². The number of hydrogen-bond acceptors (Lipinski definition) is 6. The van der Waals surface area contributed by atoms with Gasteiger partial charge in [-0.25, -0.2) is 14.6 Å².